The van der Waals surface area contributed by atoms with Gasteiger partial charge in [0.15, 0.2) is 0 Å². The van der Waals surface area contributed by atoms with E-state index in [2.05, 4.69) is 0 Å². The second-order valence-electron chi connectivity index (χ2n) is 3.95. The van der Waals surface area contributed by atoms with Crippen molar-refractivity contribution < 1.29 is 13.2 Å². The molecule has 0 aromatic carbocycles. The number of halogens is 3. The fourth-order valence-electron chi connectivity index (χ4n) is 0.878. The van der Waals surface area contributed by atoms with Crippen LogP contribution in [-0.4, -0.2) is 0 Å². The van der Waals surface area contributed by atoms with Crippen LogP contribution in [0.15, 0.2) is 11.4 Å². The molecule has 0 aliphatic rings. The Labute approximate surface area is 79.4 Å². The first-order valence-electron chi connectivity index (χ1n) is 3.87. The van der Waals surface area contributed by atoms with E-state index in [1.165, 1.54) is 11.4 Å². The number of hydrogen-bond donors (Lipinski definition) is 0. The van der Waals surface area contributed by atoms with E-state index in [1.54, 1.807) is 0 Å². The van der Waals surface area contributed by atoms with Gasteiger partial charge in [-0.3, -0.25) is 0 Å². The third kappa shape index (κ3) is 2.46. The third-order valence-corrected chi connectivity index (χ3v) is 3.02. The molecule has 0 saturated carbocycles. The van der Waals surface area contributed by atoms with Gasteiger partial charge in [-0.1, -0.05) is 20.8 Å². The molecule has 1 rings (SSSR count). The second kappa shape index (κ2) is 3.01. The van der Waals surface area contributed by atoms with Crippen molar-refractivity contribution in [1.82, 2.24) is 0 Å². The summed E-state index contributed by atoms with van der Waals surface area (Å²) in [5.74, 6) is 0. The zero-order valence-corrected chi connectivity index (χ0v) is 8.51. The van der Waals surface area contributed by atoms with E-state index in [0.717, 1.165) is 16.2 Å². The summed E-state index contributed by atoms with van der Waals surface area (Å²) < 4.78 is 36.6. The highest BCUT2D eigenvalue weighted by Gasteiger charge is 2.32. The van der Waals surface area contributed by atoms with Gasteiger partial charge in [-0.2, -0.15) is 13.2 Å². The molecule has 0 aliphatic carbocycles. The van der Waals surface area contributed by atoms with E-state index in [0.29, 0.717) is 0 Å². The molecule has 0 spiro atoms. The van der Waals surface area contributed by atoms with Gasteiger partial charge in [0.25, 0.3) is 0 Å². The van der Waals surface area contributed by atoms with Crippen LogP contribution in [0.25, 0.3) is 0 Å². The van der Waals surface area contributed by atoms with Crippen molar-refractivity contribution in [2.24, 2.45) is 0 Å². The molecule has 0 unspecified atom stereocenters. The molecular weight excluding hydrogens is 197 g/mol. The van der Waals surface area contributed by atoms with Gasteiger partial charge in [0.05, 0.1) is 5.56 Å². The van der Waals surface area contributed by atoms with Crippen LogP contribution in [0, 0.1) is 0 Å². The second-order valence-corrected chi connectivity index (χ2v) is 4.86. The van der Waals surface area contributed by atoms with Crippen LogP contribution in [0.1, 0.15) is 31.2 Å². The predicted octanol–water partition coefficient (Wildman–Crippen LogP) is 4.06. The molecule has 0 bridgehead atoms. The molecule has 1 heterocycles. The van der Waals surface area contributed by atoms with E-state index in [9.17, 15) is 13.2 Å². The molecule has 0 N–H and O–H groups in total. The molecule has 0 atom stereocenters. The van der Waals surface area contributed by atoms with E-state index in [1.807, 2.05) is 20.8 Å². The Morgan fingerprint density at radius 2 is 1.69 bits per heavy atom. The Morgan fingerprint density at radius 3 is 1.92 bits per heavy atom. The fourth-order valence-corrected chi connectivity index (χ4v) is 1.88. The molecule has 0 radical (unpaired) electrons. The largest absolute Gasteiger partial charge is 0.417 e. The first-order chi connectivity index (χ1) is 5.71. The van der Waals surface area contributed by atoms with Gasteiger partial charge >= 0.3 is 6.18 Å². The maximum atomic E-state index is 12.2. The first kappa shape index (κ1) is 10.6. The van der Waals surface area contributed by atoms with Crippen molar-refractivity contribution >= 4 is 11.3 Å². The van der Waals surface area contributed by atoms with E-state index >= 15 is 0 Å². The van der Waals surface area contributed by atoms with E-state index < -0.39 is 11.7 Å². The summed E-state index contributed by atoms with van der Waals surface area (Å²) in [7, 11) is 0. The fraction of sp³-hybridized carbons (Fsp3) is 0.556. The summed E-state index contributed by atoms with van der Waals surface area (Å²) in [6, 6.07) is 1.23. The number of rotatable bonds is 0. The van der Waals surface area contributed by atoms with Gasteiger partial charge in [-0.15, -0.1) is 11.3 Å². The lowest BCUT2D eigenvalue weighted by Gasteiger charge is -2.15. The molecule has 1 aromatic heterocycles. The van der Waals surface area contributed by atoms with Crippen LogP contribution in [0.2, 0.25) is 0 Å². The van der Waals surface area contributed by atoms with Gasteiger partial charge in [-0.25, -0.2) is 0 Å². The number of thiophene rings is 1. The smallest absolute Gasteiger partial charge is 0.166 e. The highest BCUT2D eigenvalue weighted by molar-refractivity contribution is 7.10. The normalized spacial score (nSPS) is 13.4. The van der Waals surface area contributed by atoms with E-state index in [4.69, 9.17) is 0 Å². The highest BCUT2D eigenvalue weighted by atomic mass is 32.1. The molecule has 4 heteroatoms. The lowest BCUT2D eigenvalue weighted by molar-refractivity contribution is -0.137. The summed E-state index contributed by atoms with van der Waals surface area (Å²) in [5.41, 5.74) is -0.740. The lowest BCUT2D eigenvalue weighted by Crippen LogP contribution is -2.09. The Kier molecular flexibility index (Phi) is 2.45. The van der Waals surface area contributed by atoms with Crippen LogP contribution >= 0.6 is 11.3 Å². The minimum absolute atomic E-state index is 0.200. The molecule has 13 heavy (non-hydrogen) atoms. The third-order valence-electron chi connectivity index (χ3n) is 1.67. The summed E-state index contributed by atoms with van der Waals surface area (Å²) in [5, 5.41) is 1.17. The van der Waals surface area contributed by atoms with Gasteiger partial charge in [0.2, 0.25) is 0 Å². The Morgan fingerprint density at radius 1 is 1.15 bits per heavy atom. The van der Waals surface area contributed by atoms with Gasteiger partial charge < -0.3 is 0 Å². The molecule has 0 fully saturated rings. The summed E-state index contributed by atoms with van der Waals surface area (Å²) in [6.45, 7) is 5.71. The standard InChI is InChI=1S/C9H11F3S/c1-8(2,3)7-4-6(5-13-7)9(10,11)12/h4-5H,1-3H3. The van der Waals surface area contributed by atoms with Crippen LogP contribution in [0.5, 0.6) is 0 Å². The van der Waals surface area contributed by atoms with Crippen LogP contribution in [0.4, 0.5) is 13.2 Å². The summed E-state index contributed by atoms with van der Waals surface area (Å²) in [4.78, 5) is 0.764. The Balaban J connectivity index is 3.01. The van der Waals surface area contributed by atoms with Crippen LogP contribution < -0.4 is 0 Å². The molecule has 0 saturated heterocycles. The predicted molar refractivity (Wildman–Crippen MR) is 48.0 cm³/mol. The summed E-state index contributed by atoms with van der Waals surface area (Å²) >= 11 is 1.16. The molecule has 0 amide bonds. The van der Waals surface area contributed by atoms with Crippen molar-refractivity contribution in [1.29, 1.82) is 0 Å². The van der Waals surface area contributed by atoms with Crippen molar-refractivity contribution in [2.45, 2.75) is 32.4 Å². The average molecular weight is 208 g/mol. The maximum Gasteiger partial charge on any atom is 0.417 e. The maximum absolute atomic E-state index is 12.2. The Hall–Kier alpha value is -0.510. The van der Waals surface area contributed by atoms with Gasteiger partial charge in [-0.05, 0) is 11.5 Å². The zero-order valence-electron chi connectivity index (χ0n) is 7.70. The molecule has 0 aliphatic heterocycles. The van der Waals surface area contributed by atoms with Crippen LogP contribution in [0.3, 0.4) is 0 Å². The van der Waals surface area contributed by atoms with Gasteiger partial charge in [0.1, 0.15) is 0 Å². The van der Waals surface area contributed by atoms with Crippen molar-refractivity contribution in [3.8, 4) is 0 Å². The molecular formula is C9H11F3S. The monoisotopic (exact) mass is 208 g/mol. The Bertz CT molecular complexity index is 262. The first-order valence-corrected chi connectivity index (χ1v) is 4.75. The number of alkyl halides is 3. The van der Waals surface area contributed by atoms with E-state index in [-0.39, 0.29) is 5.41 Å². The molecule has 0 nitrogen and oxygen atoms in total. The summed E-state index contributed by atoms with van der Waals surface area (Å²) in [6.07, 6.45) is -4.21. The average Bonchev–Trinajstić information content (AvgIpc) is 2.28. The highest BCUT2D eigenvalue weighted by Crippen LogP contribution is 2.36. The van der Waals surface area contributed by atoms with Crippen molar-refractivity contribution in [3.05, 3.63) is 21.9 Å². The van der Waals surface area contributed by atoms with Crippen molar-refractivity contribution in [2.75, 3.05) is 0 Å². The molecule has 74 valence electrons. The topological polar surface area (TPSA) is 0 Å². The SMILES string of the molecule is CC(C)(C)c1cc(C(F)(F)F)cs1. The minimum Gasteiger partial charge on any atom is -0.166 e. The van der Waals surface area contributed by atoms with Crippen molar-refractivity contribution in [3.63, 3.8) is 0 Å². The number of hydrogen-bond acceptors (Lipinski definition) is 1. The lowest BCUT2D eigenvalue weighted by atomic mass is 9.94. The quantitative estimate of drug-likeness (QED) is 0.603. The zero-order chi connectivity index (χ0) is 10.3. The van der Waals surface area contributed by atoms with Crippen LogP contribution in [-0.2, 0) is 11.6 Å². The minimum atomic E-state index is -4.21. The molecule has 1 aromatic rings. The van der Waals surface area contributed by atoms with Gasteiger partial charge in [0, 0.05) is 10.3 Å².